The maximum absolute atomic E-state index is 12.2. The Labute approximate surface area is 114 Å². The maximum Gasteiger partial charge on any atom is 0.308 e. The Hall–Kier alpha value is -1.36. The van der Waals surface area contributed by atoms with Crippen LogP contribution in [0.1, 0.15) is 17.3 Å². The molecule has 1 aromatic carbocycles. The van der Waals surface area contributed by atoms with Crippen molar-refractivity contribution in [2.24, 2.45) is 11.8 Å². The van der Waals surface area contributed by atoms with Crippen LogP contribution >= 0.6 is 15.9 Å². The number of amides is 1. The second-order valence-corrected chi connectivity index (χ2v) is 5.56. The van der Waals surface area contributed by atoms with E-state index in [0.717, 1.165) is 4.47 Å². The fourth-order valence-electron chi connectivity index (χ4n) is 2.26. The zero-order chi connectivity index (χ0) is 13.3. The van der Waals surface area contributed by atoms with Crippen molar-refractivity contribution in [3.05, 3.63) is 34.3 Å². The summed E-state index contributed by atoms with van der Waals surface area (Å²) in [5.41, 5.74) is 0.586. The number of benzene rings is 1. The van der Waals surface area contributed by atoms with Gasteiger partial charge in [0.15, 0.2) is 0 Å². The van der Waals surface area contributed by atoms with Gasteiger partial charge in [-0.05, 0) is 24.1 Å². The number of halogens is 1. The molecule has 0 unspecified atom stereocenters. The van der Waals surface area contributed by atoms with E-state index in [9.17, 15) is 9.59 Å². The molecule has 0 aromatic heterocycles. The molecule has 96 valence electrons. The van der Waals surface area contributed by atoms with E-state index in [4.69, 9.17) is 5.11 Å². The van der Waals surface area contributed by atoms with Crippen molar-refractivity contribution in [2.45, 2.75) is 6.92 Å². The molecule has 0 aliphatic carbocycles. The Balaban J connectivity index is 2.14. The molecule has 0 saturated carbocycles. The smallest absolute Gasteiger partial charge is 0.308 e. The summed E-state index contributed by atoms with van der Waals surface area (Å²) in [7, 11) is 0. The molecule has 1 aliphatic heterocycles. The van der Waals surface area contributed by atoms with E-state index in [-0.39, 0.29) is 11.8 Å². The van der Waals surface area contributed by atoms with Gasteiger partial charge in [-0.1, -0.05) is 28.9 Å². The predicted molar refractivity (Wildman–Crippen MR) is 70.3 cm³/mol. The Morgan fingerprint density at radius 2 is 2.11 bits per heavy atom. The van der Waals surface area contributed by atoms with Crippen molar-refractivity contribution in [1.82, 2.24) is 4.90 Å². The number of rotatable bonds is 2. The highest BCUT2D eigenvalue weighted by atomic mass is 79.9. The lowest BCUT2D eigenvalue weighted by molar-refractivity contribution is -0.142. The quantitative estimate of drug-likeness (QED) is 0.911. The van der Waals surface area contributed by atoms with Crippen LogP contribution in [-0.4, -0.2) is 35.0 Å². The Bertz CT molecular complexity index is 489. The number of carbonyl (C=O) groups is 2. The third-order valence-electron chi connectivity index (χ3n) is 3.29. The van der Waals surface area contributed by atoms with Crippen LogP contribution in [0.2, 0.25) is 0 Å². The average molecular weight is 312 g/mol. The van der Waals surface area contributed by atoms with Crippen LogP contribution in [0, 0.1) is 11.8 Å². The van der Waals surface area contributed by atoms with Gasteiger partial charge in [0.2, 0.25) is 0 Å². The summed E-state index contributed by atoms with van der Waals surface area (Å²) in [4.78, 5) is 24.9. The van der Waals surface area contributed by atoms with Crippen molar-refractivity contribution in [3.8, 4) is 0 Å². The van der Waals surface area contributed by atoms with E-state index < -0.39 is 11.9 Å². The third kappa shape index (κ3) is 2.56. The maximum atomic E-state index is 12.2. The second-order valence-electron chi connectivity index (χ2n) is 4.64. The first-order valence-corrected chi connectivity index (χ1v) is 6.56. The Kier molecular flexibility index (Phi) is 3.71. The molecule has 0 radical (unpaired) electrons. The first-order valence-electron chi connectivity index (χ1n) is 5.76. The van der Waals surface area contributed by atoms with Crippen molar-refractivity contribution in [1.29, 1.82) is 0 Å². The first kappa shape index (κ1) is 13.1. The van der Waals surface area contributed by atoms with Gasteiger partial charge in [-0.2, -0.15) is 0 Å². The number of carboxylic acids is 1. The number of nitrogens with zero attached hydrogens (tertiary/aromatic N) is 1. The molecule has 0 bridgehead atoms. The summed E-state index contributed by atoms with van der Waals surface area (Å²) in [6.07, 6.45) is 0. The van der Waals surface area contributed by atoms with Gasteiger partial charge in [0.05, 0.1) is 5.92 Å². The summed E-state index contributed by atoms with van der Waals surface area (Å²) < 4.78 is 0.843. The molecular formula is C13H14BrNO3. The molecule has 1 fully saturated rings. The van der Waals surface area contributed by atoms with E-state index in [1.54, 1.807) is 23.1 Å². The standard InChI is InChI=1S/C13H14BrNO3/c1-8-6-15(7-11(8)13(17)18)12(16)9-3-2-4-10(14)5-9/h2-5,8,11H,6-7H2,1H3,(H,17,18)/t8-,11-/m1/s1. The van der Waals surface area contributed by atoms with Crippen LogP contribution in [0.25, 0.3) is 0 Å². The van der Waals surface area contributed by atoms with Crippen LogP contribution in [0.3, 0.4) is 0 Å². The SMILES string of the molecule is C[C@@H]1CN(C(=O)c2cccc(Br)c2)C[C@H]1C(=O)O. The van der Waals surface area contributed by atoms with Gasteiger partial charge in [0.1, 0.15) is 0 Å². The normalized spacial score (nSPS) is 23.1. The second kappa shape index (κ2) is 5.10. The van der Waals surface area contributed by atoms with Gasteiger partial charge in [-0.15, -0.1) is 0 Å². The molecule has 1 aromatic rings. The fraction of sp³-hybridized carbons (Fsp3) is 0.385. The lowest BCUT2D eigenvalue weighted by Crippen LogP contribution is -2.29. The minimum absolute atomic E-state index is 0.00129. The van der Waals surface area contributed by atoms with Crippen molar-refractivity contribution in [2.75, 3.05) is 13.1 Å². The van der Waals surface area contributed by atoms with E-state index in [1.165, 1.54) is 0 Å². The van der Waals surface area contributed by atoms with Gasteiger partial charge >= 0.3 is 5.97 Å². The molecule has 1 N–H and O–H groups in total. The minimum atomic E-state index is -0.827. The molecular weight excluding hydrogens is 298 g/mol. The summed E-state index contributed by atoms with van der Waals surface area (Å²) in [5, 5.41) is 9.05. The molecule has 1 aliphatic rings. The molecule has 2 atom stereocenters. The first-order chi connectivity index (χ1) is 8.49. The topological polar surface area (TPSA) is 57.6 Å². The highest BCUT2D eigenvalue weighted by Crippen LogP contribution is 2.25. The van der Waals surface area contributed by atoms with Gasteiger partial charge in [-0.3, -0.25) is 9.59 Å². The van der Waals surface area contributed by atoms with Gasteiger partial charge in [0.25, 0.3) is 5.91 Å². The molecule has 5 heteroatoms. The summed E-state index contributed by atoms with van der Waals surface area (Å²) >= 11 is 3.32. The van der Waals surface area contributed by atoms with Crippen LogP contribution < -0.4 is 0 Å². The zero-order valence-corrected chi connectivity index (χ0v) is 11.6. The molecule has 4 nitrogen and oxygen atoms in total. The van der Waals surface area contributed by atoms with Gasteiger partial charge < -0.3 is 10.0 Å². The van der Waals surface area contributed by atoms with Crippen molar-refractivity contribution >= 4 is 27.8 Å². The number of carboxylic acid groups (broad SMARTS) is 1. The number of carbonyl (C=O) groups excluding carboxylic acids is 1. The fourth-order valence-corrected chi connectivity index (χ4v) is 2.66. The summed E-state index contributed by atoms with van der Waals surface area (Å²) in [5.74, 6) is -1.39. The van der Waals surface area contributed by atoms with Crippen LogP contribution in [0.4, 0.5) is 0 Å². The van der Waals surface area contributed by atoms with Crippen LogP contribution in [-0.2, 0) is 4.79 Å². The molecule has 1 saturated heterocycles. The molecule has 2 rings (SSSR count). The lowest BCUT2D eigenvalue weighted by Gasteiger charge is -2.16. The zero-order valence-electron chi connectivity index (χ0n) is 9.97. The van der Waals surface area contributed by atoms with Crippen molar-refractivity contribution in [3.63, 3.8) is 0 Å². The average Bonchev–Trinajstić information content (AvgIpc) is 2.70. The van der Waals surface area contributed by atoms with Gasteiger partial charge in [-0.25, -0.2) is 0 Å². The van der Waals surface area contributed by atoms with Gasteiger partial charge in [0, 0.05) is 23.1 Å². The largest absolute Gasteiger partial charge is 0.481 e. The minimum Gasteiger partial charge on any atom is -0.481 e. The Morgan fingerprint density at radius 1 is 1.39 bits per heavy atom. The van der Waals surface area contributed by atoms with Crippen LogP contribution in [0.5, 0.6) is 0 Å². The van der Waals surface area contributed by atoms with E-state index in [0.29, 0.717) is 18.7 Å². The van der Waals surface area contributed by atoms with E-state index >= 15 is 0 Å². The molecule has 0 spiro atoms. The number of likely N-dealkylation sites (tertiary alicyclic amines) is 1. The lowest BCUT2D eigenvalue weighted by atomic mass is 9.99. The predicted octanol–water partition coefficient (Wildman–Crippen LogP) is 2.24. The van der Waals surface area contributed by atoms with E-state index in [2.05, 4.69) is 15.9 Å². The van der Waals surface area contributed by atoms with Crippen molar-refractivity contribution < 1.29 is 14.7 Å². The summed E-state index contributed by atoms with van der Waals surface area (Å²) in [6, 6.07) is 7.14. The van der Waals surface area contributed by atoms with E-state index in [1.807, 2.05) is 13.0 Å². The number of hydrogen-bond acceptors (Lipinski definition) is 2. The highest BCUT2D eigenvalue weighted by Gasteiger charge is 2.37. The third-order valence-corrected chi connectivity index (χ3v) is 3.78. The highest BCUT2D eigenvalue weighted by molar-refractivity contribution is 9.10. The summed E-state index contributed by atoms with van der Waals surface area (Å²) in [6.45, 7) is 2.66. The number of hydrogen-bond donors (Lipinski definition) is 1. The molecule has 18 heavy (non-hydrogen) atoms. The Morgan fingerprint density at radius 3 is 2.67 bits per heavy atom. The molecule has 1 heterocycles. The number of aliphatic carboxylic acids is 1. The monoisotopic (exact) mass is 311 g/mol. The van der Waals surface area contributed by atoms with Crippen LogP contribution in [0.15, 0.2) is 28.7 Å². The molecule has 1 amide bonds.